The molecule has 2 aromatic carbocycles. The fraction of sp³-hybridized carbons (Fsp3) is 0.176. The molecular formula is C17H19N3O2. The van der Waals surface area contributed by atoms with Gasteiger partial charge in [0, 0.05) is 31.0 Å². The lowest BCUT2D eigenvalue weighted by Gasteiger charge is -2.17. The van der Waals surface area contributed by atoms with E-state index in [1.165, 1.54) is 0 Å². The fourth-order valence-corrected chi connectivity index (χ4v) is 1.96. The predicted octanol–water partition coefficient (Wildman–Crippen LogP) is 2.12. The van der Waals surface area contributed by atoms with Crippen LogP contribution in [0.2, 0.25) is 0 Å². The molecule has 2 N–H and O–H groups in total. The van der Waals surface area contributed by atoms with Gasteiger partial charge >= 0.3 is 0 Å². The highest BCUT2D eigenvalue weighted by Gasteiger charge is 2.12. The smallest absolute Gasteiger partial charge is 0.258 e. The van der Waals surface area contributed by atoms with Gasteiger partial charge in [-0.1, -0.05) is 18.2 Å². The predicted molar refractivity (Wildman–Crippen MR) is 88.2 cm³/mol. The average Bonchev–Trinajstić information content (AvgIpc) is 2.59. The van der Waals surface area contributed by atoms with Crippen LogP contribution in [-0.4, -0.2) is 32.5 Å². The number of anilines is 2. The van der Waals surface area contributed by atoms with Crippen LogP contribution in [0.15, 0.2) is 54.6 Å². The van der Waals surface area contributed by atoms with E-state index in [0.717, 1.165) is 11.4 Å². The molecule has 2 rings (SSSR count). The third-order valence-electron chi connectivity index (χ3n) is 3.31. The number of hydrogen-bond donors (Lipinski definition) is 2. The minimum Gasteiger partial charge on any atom is -0.376 e. The van der Waals surface area contributed by atoms with Crippen LogP contribution < -0.4 is 15.5 Å². The largest absolute Gasteiger partial charge is 0.376 e. The highest BCUT2D eigenvalue weighted by molar-refractivity contribution is 6.05. The van der Waals surface area contributed by atoms with E-state index in [1.54, 1.807) is 43.3 Å². The summed E-state index contributed by atoms with van der Waals surface area (Å²) in [6.07, 6.45) is 0. The Hall–Kier alpha value is -2.82. The second-order valence-electron chi connectivity index (χ2n) is 4.80. The summed E-state index contributed by atoms with van der Waals surface area (Å²) < 4.78 is 0. The topological polar surface area (TPSA) is 61.4 Å². The standard InChI is InChI=1S/C17H19N3O2/c1-18-16(21)12-19-14-10-8-13(9-11-14)17(22)20(2)15-6-4-3-5-7-15/h3-11,19H,12H2,1-2H3,(H,18,21). The van der Waals surface area contributed by atoms with Gasteiger partial charge in [0.05, 0.1) is 6.54 Å². The molecule has 0 aliphatic heterocycles. The van der Waals surface area contributed by atoms with Crippen LogP contribution in [0, 0.1) is 0 Å². The summed E-state index contributed by atoms with van der Waals surface area (Å²) in [6, 6.07) is 16.5. The van der Waals surface area contributed by atoms with Gasteiger partial charge in [-0.15, -0.1) is 0 Å². The number of hydrogen-bond acceptors (Lipinski definition) is 3. The molecule has 5 heteroatoms. The quantitative estimate of drug-likeness (QED) is 0.888. The Kier molecular flexibility index (Phi) is 5.14. The Balaban J connectivity index is 2.03. The van der Waals surface area contributed by atoms with Crippen LogP contribution in [0.1, 0.15) is 10.4 Å². The molecule has 2 aromatic rings. The molecule has 0 saturated carbocycles. The Morgan fingerprint density at radius 1 is 1.00 bits per heavy atom. The Morgan fingerprint density at radius 2 is 1.64 bits per heavy atom. The summed E-state index contributed by atoms with van der Waals surface area (Å²) in [5, 5.41) is 5.52. The van der Waals surface area contributed by atoms with Crippen LogP contribution in [0.3, 0.4) is 0 Å². The third kappa shape index (κ3) is 3.85. The van der Waals surface area contributed by atoms with E-state index in [1.807, 2.05) is 30.3 Å². The van der Waals surface area contributed by atoms with Gasteiger partial charge in [-0.2, -0.15) is 0 Å². The van der Waals surface area contributed by atoms with Crippen molar-refractivity contribution in [3.63, 3.8) is 0 Å². The molecule has 2 amide bonds. The molecule has 5 nitrogen and oxygen atoms in total. The summed E-state index contributed by atoms with van der Waals surface area (Å²) >= 11 is 0. The van der Waals surface area contributed by atoms with E-state index in [2.05, 4.69) is 10.6 Å². The molecule has 0 aliphatic rings. The van der Waals surface area contributed by atoms with Crippen molar-refractivity contribution in [2.75, 3.05) is 30.9 Å². The molecule has 0 heterocycles. The molecule has 0 atom stereocenters. The number of carbonyl (C=O) groups excluding carboxylic acids is 2. The molecule has 22 heavy (non-hydrogen) atoms. The molecule has 0 bridgehead atoms. The first-order valence-corrected chi connectivity index (χ1v) is 6.99. The van der Waals surface area contributed by atoms with Crippen molar-refractivity contribution in [3.8, 4) is 0 Å². The van der Waals surface area contributed by atoms with Gasteiger partial charge in [-0.25, -0.2) is 0 Å². The maximum Gasteiger partial charge on any atom is 0.258 e. The first-order chi connectivity index (χ1) is 10.6. The highest BCUT2D eigenvalue weighted by atomic mass is 16.2. The van der Waals surface area contributed by atoms with E-state index >= 15 is 0 Å². The molecule has 114 valence electrons. The number of para-hydroxylation sites is 1. The van der Waals surface area contributed by atoms with Crippen LogP contribution in [0.4, 0.5) is 11.4 Å². The molecule has 0 spiro atoms. The lowest BCUT2D eigenvalue weighted by Crippen LogP contribution is -2.27. The SMILES string of the molecule is CNC(=O)CNc1ccc(C(=O)N(C)c2ccccc2)cc1. The van der Waals surface area contributed by atoms with Crippen molar-refractivity contribution in [2.45, 2.75) is 0 Å². The van der Waals surface area contributed by atoms with Crippen LogP contribution >= 0.6 is 0 Å². The summed E-state index contributed by atoms with van der Waals surface area (Å²) in [4.78, 5) is 25.2. The zero-order valence-electron chi connectivity index (χ0n) is 12.7. The fourth-order valence-electron chi connectivity index (χ4n) is 1.96. The van der Waals surface area contributed by atoms with Gasteiger partial charge in [0.1, 0.15) is 0 Å². The number of carbonyl (C=O) groups is 2. The van der Waals surface area contributed by atoms with Crippen molar-refractivity contribution in [3.05, 3.63) is 60.2 Å². The van der Waals surface area contributed by atoms with E-state index in [4.69, 9.17) is 0 Å². The molecule has 0 aliphatic carbocycles. The maximum atomic E-state index is 12.4. The number of nitrogens with one attached hydrogen (secondary N) is 2. The van der Waals surface area contributed by atoms with Gasteiger partial charge in [0.25, 0.3) is 5.91 Å². The summed E-state index contributed by atoms with van der Waals surface area (Å²) in [5.41, 5.74) is 2.23. The lowest BCUT2D eigenvalue weighted by molar-refractivity contribution is -0.118. The second kappa shape index (κ2) is 7.26. The van der Waals surface area contributed by atoms with Gasteiger partial charge in [0.15, 0.2) is 0 Å². The molecule has 0 radical (unpaired) electrons. The molecule has 0 unspecified atom stereocenters. The van der Waals surface area contributed by atoms with Gasteiger partial charge in [-0.05, 0) is 36.4 Å². The van der Waals surface area contributed by atoms with Gasteiger partial charge in [-0.3, -0.25) is 9.59 Å². The lowest BCUT2D eigenvalue weighted by atomic mass is 10.1. The summed E-state index contributed by atoms with van der Waals surface area (Å²) in [7, 11) is 3.33. The zero-order valence-corrected chi connectivity index (χ0v) is 12.7. The molecule has 0 fully saturated rings. The summed E-state index contributed by atoms with van der Waals surface area (Å²) in [6.45, 7) is 0.202. The van der Waals surface area contributed by atoms with Crippen molar-refractivity contribution in [1.82, 2.24) is 5.32 Å². The molecule has 0 saturated heterocycles. The average molecular weight is 297 g/mol. The van der Waals surface area contributed by atoms with E-state index in [-0.39, 0.29) is 18.4 Å². The van der Waals surface area contributed by atoms with Crippen molar-refractivity contribution in [2.24, 2.45) is 0 Å². The van der Waals surface area contributed by atoms with Crippen LogP contribution in [0.25, 0.3) is 0 Å². The highest BCUT2D eigenvalue weighted by Crippen LogP contribution is 2.16. The number of likely N-dealkylation sites (N-methyl/N-ethyl adjacent to an activating group) is 1. The number of amides is 2. The minimum absolute atomic E-state index is 0.0796. The van der Waals surface area contributed by atoms with Crippen molar-refractivity contribution >= 4 is 23.2 Å². The Morgan fingerprint density at radius 3 is 2.23 bits per heavy atom. The first-order valence-electron chi connectivity index (χ1n) is 6.99. The molecular weight excluding hydrogens is 278 g/mol. The Bertz CT molecular complexity index is 639. The monoisotopic (exact) mass is 297 g/mol. The number of nitrogens with zero attached hydrogens (tertiary/aromatic N) is 1. The number of rotatable bonds is 5. The van der Waals surface area contributed by atoms with Gasteiger partial charge < -0.3 is 15.5 Å². The summed E-state index contributed by atoms with van der Waals surface area (Å²) in [5.74, 6) is -0.173. The third-order valence-corrected chi connectivity index (χ3v) is 3.31. The zero-order chi connectivity index (χ0) is 15.9. The number of benzene rings is 2. The normalized spacial score (nSPS) is 9.91. The van der Waals surface area contributed by atoms with Crippen molar-refractivity contribution < 1.29 is 9.59 Å². The van der Waals surface area contributed by atoms with E-state index in [9.17, 15) is 9.59 Å². The first kappa shape index (κ1) is 15.6. The van der Waals surface area contributed by atoms with Crippen molar-refractivity contribution in [1.29, 1.82) is 0 Å². The van der Waals surface area contributed by atoms with Crippen LogP contribution in [-0.2, 0) is 4.79 Å². The second-order valence-corrected chi connectivity index (χ2v) is 4.80. The minimum atomic E-state index is -0.0936. The molecule has 0 aromatic heterocycles. The van der Waals surface area contributed by atoms with E-state index < -0.39 is 0 Å². The van der Waals surface area contributed by atoms with Gasteiger partial charge in [0.2, 0.25) is 5.91 Å². The maximum absolute atomic E-state index is 12.4. The van der Waals surface area contributed by atoms with E-state index in [0.29, 0.717) is 5.56 Å². The van der Waals surface area contributed by atoms with Crippen LogP contribution in [0.5, 0.6) is 0 Å². The Labute approximate surface area is 129 Å².